The summed E-state index contributed by atoms with van der Waals surface area (Å²) in [7, 11) is 0. The van der Waals surface area contributed by atoms with Crippen molar-refractivity contribution in [2.75, 3.05) is 31.6 Å². The number of morpholine rings is 1. The molecule has 5 rings (SSSR count). The zero-order valence-electron chi connectivity index (χ0n) is 16.8. The highest BCUT2D eigenvalue weighted by Crippen LogP contribution is 2.39. The van der Waals surface area contributed by atoms with Crippen LogP contribution < -0.4 is 11.1 Å². The van der Waals surface area contributed by atoms with E-state index in [4.69, 9.17) is 20.4 Å². The molecule has 0 spiro atoms. The van der Waals surface area contributed by atoms with Gasteiger partial charge in [0.2, 0.25) is 5.91 Å². The number of carbonyl (C=O) groups excluding carboxylic acids is 1. The minimum Gasteiger partial charge on any atom is -0.379 e. The molecule has 0 unspecified atom stereocenters. The highest BCUT2D eigenvalue weighted by atomic mass is 32.1. The number of aromatic nitrogens is 2. The summed E-state index contributed by atoms with van der Waals surface area (Å²) < 4.78 is 5.47. The Morgan fingerprint density at radius 1 is 1.13 bits per heavy atom. The van der Waals surface area contributed by atoms with Crippen LogP contribution in [0, 0.1) is 0 Å². The Morgan fingerprint density at radius 3 is 2.67 bits per heavy atom. The number of anilines is 2. The minimum absolute atomic E-state index is 0.425. The van der Waals surface area contributed by atoms with E-state index >= 15 is 0 Å². The fourth-order valence-electron chi connectivity index (χ4n) is 4.18. The van der Waals surface area contributed by atoms with Gasteiger partial charge in [-0.25, -0.2) is 9.97 Å². The standard InChI is InChI=1S/C22H25N5O2S/c23-20(28)14-5-7-15(8-6-14)24-21-19-16-3-1-2-4-17(16)30-22(19)26-18(25-21)13-27-9-11-29-12-10-27/h5-8H,1-4,9-13H2,(H2,23,28)(H,24,25,26). The number of primary amides is 1. The van der Waals surface area contributed by atoms with Crippen molar-refractivity contribution in [1.82, 2.24) is 14.9 Å². The van der Waals surface area contributed by atoms with E-state index in [0.29, 0.717) is 5.56 Å². The van der Waals surface area contributed by atoms with E-state index in [9.17, 15) is 4.79 Å². The predicted octanol–water partition coefficient (Wildman–Crippen LogP) is 3.24. The first-order valence-corrected chi connectivity index (χ1v) is 11.3. The summed E-state index contributed by atoms with van der Waals surface area (Å²) in [5, 5.41) is 4.64. The fourth-order valence-corrected chi connectivity index (χ4v) is 5.46. The molecule has 1 fully saturated rings. The Hall–Kier alpha value is -2.55. The number of fused-ring (bicyclic) bond motifs is 3. The Morgan fingerprint density at radius 2 is 1.90 bits per heavy atom. The van der Waals surface area contributed by atoms with Crippen LogP contribution in [-0.4, -0.2) is 47.1 Å². The molecule has 3 heterocycles. The third kappa shape index (κ3) is 3.90. The zero-order chi connectivity index (χ0) is 20.5. The summed E-state index contributed by atoms with van der Waals surface area (Å²) in [6.45, 7) is 4.04. The van der Waals surface area contributed by atoms with Crippen molar-refractivity contribution in [3.05, 3.63) is 46.1 Å². The summed E-state index contributed by atoms with van der Waals surface area (Å²) in [5.74, 6) is 1.26. The van der Waals surface area contributed by atoms with E-state index in [1.807, 2.05) is 23.5 Å². The highest BCUT2D eigenvalue weighted by molar-refractivity contribution is 7.19. The van der Waals surface area contributed by atoms with Crippen LogP contribution >= 0.6 is 11.3 Å². The van der Waals surface area contributed by atoms with Crippen molar-refractivity contribution < 1.29 is 9.53 Å². The quantitative estimate of drug-likeness (QED) is 0.654. The van der Waals surface area contributed by atoms with Crippen LogP contribution in [-0.2, 0) is 24.1 Å². The average molecular weight is 424 g/mol. The van der Waals surface area contributed by atoms with Crippen LogP contribution in [0.3, 0.4) is 0 Å². The van der Waals surface area contributed by atoms with Gasteiger partial charge in [-0.15, -0.1) is 11.3 Å². The van der Waals surface area contributed by atoms with Gasteiger partial charge in [-0.1, -0.05) is 0 Å². The second-order valence-electron chi connectivity index (χ2n) is 7.83. The van der Waals surface area contributed by atoms with Crippen LogP contribution in [0.15, 0.2) is 24.3 Å². The van der Waals surface area contributed by atoms with E-state index in [-0.39, 0.29) is 0 Å². The zero-order valence-corrected chi connectivity index (χ0v) is 17.6. The molecular weight excluding hydrogens is 398 g/mol. The maximum absolute atomic E-state index is 11.4. The number of benzene rings is 1. The lowest BCUT2D eigenvalue weighted by Gasteiger charge is -2.25. The van der Waals surface area contributed by atoms with Gasteiger partial charge in [0.15, 0.2) is 0 Å². The average Bonchev–Trinajstić information content (AvgIpc) is 3.13. The molecule has 3 aromatic rings. The lowest BCUT2D eigenvalue weighted by molar-refractivity contribution is 0.0331. The number of thiophene rings is 1. The highest BCUT2D eigenvalue weighted by Gasteiger charge is 2.22. The van der Waals surface area contributed by atoms with E-state index in [1.165, 1.54) is 23.3 Å². The molecule has 1 aliphatic heterocycles. The molecule has 1 saturated heterocycles. The van der Waals surface area contributed by atoms with Crippen LogP contribution in [0.5, 0.6) is 0 Å². The van der Waals surface area contributed by atoms with Crippen molar-refractivity contribution in [3.63, 3.8) is 0 Å². The number of nitrogens with zero attached hydrogens (tertiary/aromatic N) is 3. The number of nitrogens with one attached hydrogen (secondary N) is 1. The second-order valence-corrected chi connectivity index (χ2v) is 8.92. The fraction of sp³-hybridized carbons (Fsp3) is 0.409. The Balaban J connectivity index is 1.52. The lowest BCUT2D eigenvalue weighted by Crippen LogP contribution is -2.36. The van der Waals surface area contributed by atoms with E-state index in [1.54, 1.807) is 12.1 Å². The smallest absolute Gasteiger partial charge is 0.248 e. The molecular formula is C22H25N5O2S. The van der Waals surface area contributed by atoms with Gasteiger partial charge < -0.3 is 15.8 Å². The molecule has 1 aliphatic carbocycles. The normalized spacial score (nSPS) is 17.1. The number of aryl methyl sites for hydroxylation is 2. The van der Waals surface area contributed by atoms with Crippen molar-refractivity contribution in [1.29, 1.82) is 0 Å². The van der Waals surface area contributed by atoms with E-state index in [2.05, 4.69) is 10.2 Å². The minimum atomic E-state index is -0.425. The third-order valence-corrected chi connectivity index (χ3v) is 6.95. The number of carbonyl (C=O) groups is 1. The van der Waals surface area contributed by atoms with E-state index in [0.717, 1.165) is 73.2 Å². The van der Waals surface area contributed by atoms with Gasteiger partial charge in [-0.3, -0.25) is 9.69 Å². The number of nitrogens with two attached hydrogens (primary N) is 1. The number of amides is 1. The van der Waals surface area contributed by atoms with Crippen molar-refractivity contribution in [3.8, 4) is 0 Å². The molecule has 3 N–H and O–H groups in total. The van der Waals surface area contributed by atoms with E-state index < -0.39 is 5.91 Å². The van der Waals surface area contributed by atoms with Gasteiger partial charge in [-0.05, 0) is 55.5 Å². The molecule has 0 bridgehead atoms. The molecule has 0 atom stereocenters. The summed E-state index contributed by atoms with van der Waals surface area (Å²) >= 11 is 1.81. The molecule has 8 heteroatoms. The number of hydrogen-bond acceptors (Lipinski definition) is 7. The van der Waals surface area contributed by atoms with Crippen LogP contribution in [0.4, 0.5) is 11.5 Å². The molecule has 7 nitrogen and oxygen atoms in total. The largest absolute Gasteiger partial charge is 0.379 e. The molecule has 156 valence electrons. The Bertz CT molecular complexity index is 1070. The molecule has 2 aromatic heterocycles. The van der Waals surface area contributed by atoms with Gasteiger partial charge in [0, 0.05) is 29.2 Å². The van der Waals surface area contributed by atoms with Gasteiger partial charge in [0.25, 0.3) is 0 Å². The molecule has 1 aromatic carbocycles. The SMILES string of the molecule is NC(=O)c1ccc(Nc2nc(CN3CCOCC3)nc3sc4c(c23)CCCC4)cc1. The topological polar surface area (TPSA) is 93.4 Å². The van der Waals surface area contributed by atoms with Gasteiger partial charge in [-0.2, -0.15) is 0 Å². The van der Waals surface area contributed by atoms with Crippen LogP contribution in [0.25, 0.3) is 10.2 Å². The summed E-state index contributed by atoms with van der Waals surface area (Å²) in [5.41, 5.74) is 8.15. The first-order chi connectivity index (χ1) is 14.7. The first-order valence-electron chi connectivity index (χ1n) is 10.5. The first kappa shape index (κ1) is 19.4. The molecule has 0 saturated carbocycles. The number of hydrogen-bond donors (Lipinski definition) is 2. The third-order valence-electron chi connectivity index (χ3n) is 5.76. The molecule has 2 aliphatic rings. The number of ether oxygens (including phenoxy) is 1. The van der Waals surface area contributed by atoms with Gasteiger partial charge in [0.05, 0.1) is 25.1 Å². The summed E-state index contributed by atoms with van der Waals surface area (Å²) in [6, 6.07) is 7.21. The van der Waals surface area contributed by atoms with Crippen LogP contribution in [0.1, 0.15) is 39.5 Å². The monoisotopic (exact) mass is 423 g/mol. The summed E-state index contributed by atoms with van der Waals surface area (Å²) in [6.07, 6.45) is 4.66. The molecule has 30 heavy (non-hydrogen) atoms. The molecule has 1 amide bonds. The number of rotatable bonds is 5. The second kappa shape index (κ2) is 8.29. The Kier molecular flexibility index (Phi) is 5.37. The van der Waals surface area contributed by atoms with Gasteiger partial charge in [0.1, 0.15) is 16.5 Å². The van der Waals surface area contributed by atoms with Gasteiger partial charge >= 0.3 is 0 Å². The van der Waals surface area contributed by atoms with Crippen LogP contribution in [0.2, 0.25) is 0 Å². The van der Waals surface area contributed by atoms with Crippen molar-refractivity contribution in [2.45, 2.75) is 32.2 Å². The predicted molar refractivity (Wildman–Crippen MR) is 118 cm³/mol. The Labute approximate surface area is 179 Å². The van der Waals surface area contributed by atoms with Crippen molar-refractivity contribution >= 4 is 39.0 Å². The maximum atomic E-state index is 11.4. The lowest BCUT2D eigenvalue weighted by atomic mass is 9.97. The van der Waals surface area contributed by atoms with Crippen molar-refractivity contribution in [2.24, 2.45) is 5.73 Å². The summed E-state index contributed by atoms with van der Waals surface area (Å²) in [4.78, 5) is 26.1. The molecule has 0 radical (unpaired) electrons. The maximum Gasteiger partial charge on any atom is 0.248 e.